The molecule has 2 N–H and O–H groups in total. The maximum absolute atomic E-state index is 13.7. The van der Waals surface area contributed by atoms with Crippen LogP contribution in [0.3, 0.4) is 0 Å². The number of H-pyrrole nitrogens is 1. The van der Waals surface area contributed by atoms with Gasteiger partial charge in [-0.15, -0.1) is 0 Å². The number of morpholine rings is 1. The van der Waals surface area contributed by atoms with Gasteiger partial charge in [0.25, 0.3) is 5.91 Å². The number of halogens is 5. The van der Waals surface area contributed by atoms with Gasteiger partial charge in [-0.1, -0.05) is 11.6 Å². The minimum atomic E-state index is -4.68. The van der Waals surface area contributed by atoms with Gasteiger partial charge in [0.2, 0.25) is 0 Å². The summed E-state index contributed by atoms with van der Waals surface area (Å²) in [7, 11) is 0. The van der Waals surface area contributed by atoms with Crippen molar-refractivity contribution < 1.29 is 27.1 Å². The molecule has 3 aromatic rings. The number of fused-ring (bicyclic) bond motifs is 1. The zero-order chi connectivity index (χ0) is 21.5. The van der Waals surface area contributed by atoms with E-state index in [-0.39, 0.29) is 16.1 Å². The standard InChI is InChI=1S/C20H16ClF4N3O2/c21-17-13-9-11(22)1-3-15(13)26-18(17)19(29)27-16-4-2-12(10-14(16)20(23,24)25)28-5-7-30-8-6-28/h1-4,9-10,26H,5-8H2,(H,27,29). The largest absolute Gasteiger partial charge is 0.418 e. The summed E-state index contributed by atoms with van der Waals surface area (Å²) >= 11 is 6.15. The van der Waals surface area contributed by atoms with Gasteiger partial charge < -0.3 is 19.9 Å². The molecular weight excluding hydrogens is 426 g/mol. The van der Waals surface area contributed by atoms with E-state index in [1.807, 2.05) is 0 Å². The first-order valence-corrected chi connectivity index (χ1v) is 9.44. The molecule has 0 spiro atoms. The monoisotopic (exact) mass is 441 g/mol. The molecule has 0 unspecified atom stereocenters. The number of hydrogen-bond donors (Lipinski definition) is 2. The van der Waals surface area contributed by atoms with Crippen molar-refractivity contribution in [1.82, 2.24) is 4.98 Å². The lowest BCUT2D eigenvalue weighted by Gasteiger charge is -2.29. The summed E-state index contributed by atoms with van der Waals surface area (Å²) in [6.45, 7) is 1.81. The van der Waals surface area contributed by atoms with Gasteiger partial charge in [-0.2, -0.15) is 13.2 Å². The predicted octanol–water partition coefficient (Wildman–Crippen LogP) is 5.07. The van der Waals surface area contributed by atoms with E-state index >= 15 is 0 Å². The molecule has 1 aromatic heterocycles. The lowest BCUT2D eigenvalue weighted by molar-refractivity contribution is -0.136. The van der Waals surface area contributed by atoms with Crippen LogP contribution in [-0.4, -0.2) is 37.2 Å². The molecule has 158 valence electrons. The minimum absolute atomic E-state index is 0.0690. The molecular formula is C20H16ClF4N3O2. The number of aromatic amines is 1. The van der Waals surface area contributed by atoms with Crippen LogP contribution in [-0.2, 0) is 10.9 Å². The molecule has 1 fully saturated rings. The fraction of sp³-hybridized carbons (Fsp3) is 0.250. The van der Waals surface area contributed by atoms with Crippen LogP contribution in [0.2, 0.25) is 5.02 Å². The zero-order valence-electron chi connectivity index (χ0n) is 15.4. The lowest BCUT2D eigenvalue weighted by atomic mass is 10.1. The van der Waals surface area contributed by atoms with E-state index in [4.69, 9.17) is 16.3 Å². The summed E-state index contributed by atoms with van der Waals surface area (Å²) in [6.07, 6.45) is -4.68. The Kier molecular flexibility index (Phi) is 5.33. The van der Waals surface area contributed by atoms with Gasteiger partial charge in [0.15, 0.2) is 0 Å². The highest BCUT2D eigenvalue weighted by molar-refractivity contribution is 6.39. The van der Waals surface area contributed by atoms with E-state index in [2.05, 4.69) is 10.3 Å². The number of nitrogens with zero attached hydrogens (tertiary/aromatic N) is 1. The molecule has 0 aliphatic carbocycles. The Morgan fingerprint density at radius 1 is 1.13 bits per heavy atom. The first-order chi connectivity index (χ1) is 14.2. The normalized spacial score (nSPS) is 14.9. The van der Waals surface area contributed by atoms with Crippen LogP contribution in [0.25, 0.3) is 10.9 Å². The number of carbonyl (C=O) groups is 1. The van der Waals surface area contributed by atoms with Crippen molar-refractivity contribution in [2.45, 2.75) is 6.18 Å². The van der Waals surface area contributed by atoms with E-state index in [0.717, 1.165) is 12.1 Å². The number of carbonyl (C=O) groups excluding carboxylic acids is 1. The van der Waals surface area contributed by atoms with Crippen molar-refractivity contribution in [1.29, 1.82) is 0 Å². The molecule has 10 heteroatoms. The number of benzene rings is 2. The summed E-state index contributed by atoms with van der Waals surface area (Å²) in [5.41, 5.74) is -0.737. The summed E-state index contributed by atoms with van der Waals surface area (Å²) in [5.74, 6) is -1.41. The molecule has 4 rings (SSSR count). The van der Waals surface area contributed by atoms with Gasteiger partial charge >= 0.3 is 6.18 Å². The number of ether oxygens (including phenoxy) is 1. The number of amides is 1. The summed E-state index contributed by atoms with van der Waals surface area (Å²) in [6, 6.07) is 7.45. The highest BCUT2D eigenvalue weighted by atomic mass is 35.5. The van der Waals surface area contributed by atoms with Crippen molar-refractivity contribution in [2.75, 3.05) is 36.5 Å². The molecule has 2 aromatic carbocycles. The van der Waals surface area contributed by atoms with E-state index in [1.165, 1.54) is 24.3 Å². The number of alkyl halides is 3. The highest BCUT2D eigenvalue weighted by Crippen LogP contribution is 2.38. The minimum Gasteiger partial charge on any atom is -0.378 e. The average molecular weight is 442 g/mol. The Hall–Kier alpha value is -2.78. The van der Waals surface area contributed by atoms with Gasteiger partial charge in [0, 0.05) is 29.7 Å². The average Bonchev–Trinajstić information content (AvgIpc) is 3.04. The summed E-state index contributed by atoms with van der Waals surface area (Å²) in [4.78, 5) is 17.1. The molecule has 0 saturated carbocycles. The summed E-state index contributed by atoms with van der Waals surface area (Å²) < 4.78 is 59.7. The fourth-order valence-corrected chi connectivity index (χ4v) is 3.66. The van der Waals surface area contributed by atoms with Crippen molar-refractivity contribution in [2.24, 2.45) is 0 Å². The van der Waals surface area contributed by atoms with Crippen molar-refractivity contribution in [3.05, 3.63) is 58.5 Å². The van der Waals surface area contributed by atoms with Crippen LogP contribution in [0.5, 0.6) is 0 Å². The summed E-state index contributed by atoms with van der Waals surface area (Å²) in [5, 5.41) is 2.46. The van der Waals surface area contributed by atoms with Crippen LogP contribution in [0.1, 0.15) is 16.1 Å². The topological polar surface area (TPSA) is 57.4 Å². The maximum Gasteiger partial charge on any atom is 0.418 e. The van der Waals surface area contributed by atoms with Crippen LogP contribution < -0.4 is 10.2 Å². The third kappa shape index (κ3) is 3.95. The molecule has 30 heavy (non-hydrogen) atoms. The second-order valence-electron chi connectivity index (χ2n) is 6.79. The maximum atomic E-state index is 13.7. The van der Waals surface area contributed by atoms with Crippen LogP contribution in [0, 0.1) is 5.82 Å². The van der Waals surface area contributed by atoms with Gasteiger partial charge in [0.1, 0.15) is 11.5 Å². The Morgan fingerprint density at radius 3 is 2.57 bits per heavy atom. The number of hydrogen-bond acceptors (Lipinski definition) is 3. The van der Waals surface area contributed by atoms with Crippen LogP contribution in [0.15, 0.2) is 36.4 Å². The Balaban J connectivity index is 1.66. The van der Waals surface area contributed by atoms with Crippen molar-refractivity contribution in [3.63, 3.8) is 0 Å². The molecule has 0 radical (unpaired) electrons. The molecule has 0 atom stereocenters. The van der Waals surface area contributed by atoms with E-state index in [1.54, 1.807) is 4.90 Å². The van der Waals surface area contributed by atoms with E-state index in [9.17, 15) is 22.4 Å². The first-order valence-electron chi connectivity index (χ1n) is 9.06. The molecule has 1 amide bonds. The molecule has 1 aliphatic heterocycles. The van der Waals surface area contributed by atoms with Gasteiger partial charge in [-0.25, -0.2) is 4.39 Å². The van der Waals surface area contributed by atoms with Gasteiger partial charge in [-0.05, 0) is 36.4 Å². The Labute approximate surface area is 173 Å². The molecule has 5 nitrogen and oxygen atoms in total. The van der Waals surface area contributed by atoms with Crippen LogP contribution >= 0.6 is 11.6 Å². The second kappa shape index (κ2) is 7.81. The van der Waals surface area contributed by atoms with E-state index in [0.29, 0.717) is 37.5 Å². The molecule has 2 heterocycles. The van der Waals surface area contributed by atoms with Gasteiger partial charge in [0.05, 0.1) is 29.5 Å². The molecule has 1 aliphatic rings. The first kappa shape index (κ1) is 20.5. The third-order valence-corrected chi connectivity index (χ3v) is 5.25. The Bertz CT molecular complexity index is 1110. The lowest BCUT2D eigenvalue weighted by Crippen LogP contribution is -2.36. The number of rotatable bonds is 3. The highest BCUT2D eigenvalue weighted by Gasteiger charge is 2.35. The van der Waals surface area contributed by atoms with Crippen molar-refractivity contribution in [3.8, 4) is 0 Å². The predicted molar refractivity (Wildman–Crippen MR) is 106 cm³/mol. The molecule has 0 bridgehead atoms. The zero-order valence-corrected chi connectivity index (χ0v) is 16.2. The second-order valence-corrected chi connectivity index (χ2v) is 7.16. The molecule has 1 saturated heterocycles. The van der Waals surface area contributed by atoms with Gasteiger partial charge in [-0.3, -0.25) is 4.79 Å². The number of anilines is 2. The SMILES string of the molecule is O=C(Nc1ccc(N2CCOCC2)cc1C(F)(F)F)c1[nH]c2ccc(F)cc2c1Cl. The third-order valence-electron chi connectivity index (χ3n) is 4.86. The van der Waals surface area contributed by atoms with Crippen molar-refractivity contribution >= 4 is 39.8 Å². The number of aromatic nitrogens is 1. The Morgan fingerprint density at radius 2 is 1.87 bits per heavy atom. The van der Waals surface area contributed by atoms with Crippen LogP contribution in [0.4, 0.5) is 28.9 Å². The smallest absolute Gasteiger partial charge is 0.378 e. The quantitative estimate of drug-likeness (QED) is 0.558. The fourth-order valence-electron chi connectivity index (χ4n) is 3.37. The number of nitrogens with one attached hydrogen (secondary N) is 2. The van der Waals surface area contributed by atoms with E-state index < -0.39 is 29.2 Å².